The van der Waals surface area contributed by atoms with Crippen LogP contribution in [0.1, 0.15) is 40.0 Å². The molecule has 2 saturated heterocycles. The summed E-state index contributed by atoms with van der Waals surface area (Å²) in [6.07, 6.45) is 3.23. The highest BCUT2D eigenvalue weighted by Gasteiger charge is 2.71. The van der Waals surface area contributed by atoms with Crippen molar-refractivity contribution >= 4 is 0 Å². The van der Waals surface area contributed by atoms with Crippen molar-refractivity contribution in [3.05, 3.63) is 11.6 Å². The molecule has 0 aromatic heterocycles. The summed E-state index contributed by atoms with van der Waals surface area (Å²) in [7, 11) is 0. The van der Waals surface area contributed by atoms with Crippen LogP contribution in [0.3, 0.4) is 0 Å². The lowest BCUT2D eigenvalue weighted by atomic mass is 9.68. The van der Waals surface area contributed by atoms with Crippen LogP contribution in [-0.2, 0) is 9.47 Å². The van der Waals surface area contributed by atoms with Gasteiger partial charge in [0.2, 0.25) is 0 Å². The third-order valence-electron chi connectivity index (χ3n) is 5.02. The number of hydrogen-bond acceptors (Lipinski definition) is 4. The standard InChI is InChI=1S/C15H24O4/c1-9(2)4-5-11-14(3,19-11)13-12(17)10(16)6-7-15(13)8-18-15/h4,10-13,16-17H,5-8H2,1-3H3/t10-,11-,12+,13+,14+,15+/m1/s1. The molecule has 4 nitrogen and oxygen atoms in total. The first kappa shape index (κ1) is 13.6. The van der Waals surface area contributed by atoms with Crippen molar-refractivity contribution in [1.82, 2.24) is 0 Å². The lowest BCUT2D eigenvalue weighted by Gasteiger charge is -2.39. The van der Waals surface area contributed by atoms with E-state index in [-0.39, 0.29) is 23.2 Å². The quantitative estimate of drug-likeness (QED) is 0.600. The van der Waals surface area contributed by atoms with Crippen molar-refractivity contribution in [2.45, 2.75) is 69.5 Å². The summed E-state index contributed by atoms with van der Waals surface area (Å²) < 4.78 is 11.5. The Hall–Kier alpha value is -0.420. The molecule has 0 radical (unpaired) electrons. The molecule has 0 amide bonds. The topological polar surface area (TPSA) is 65.5 Å². The second-order valence-electron chi connectivity index (χ2n) is 6.74. The lowest BCUT2D eigenvalue weighted by molar-refractivity contribution is -0.0976. The van der Waals surface area contributed by atoms with Crippen molar-refractivity contribution in [1.29, 1.82) is 0 Å². The lowest BCUT2D eigenvalue weighted by Crippen LogP contribution is -2.53. The van der Waals surface area contributed by atoms with E-state index in [1.54, 1.807) is 0 Å². The molecule has 0 aromatic rings. The van der Waals surface area contributed by atoms with Gasteiger partial charge in [0.25, 0.3) is 0 Å². The zero-order valence-corrected chi connectivity index (χ0v) is 11.9. The number of allylic oxidation sites excluding steroid dienone is 1. The number of ether oxygens (including phenoxy) is 2. The summed E-state index contributed by atoms with van der Waals surface area (Å²) in [5, 5.41) is 20.3. The van der Waals surface area contributed by atoms with Gasteiger partial charge in [-0.1, -0.05) is 11.6 Å². The van der Waals surface area contributed by atoms with Crippen molar-refractivity contribution in [3.63, 3.8) is 0 Å². The van der Waals surface area contributed by atoms with Gasteiger partial charge in [0.1, 0.15) is 5.60 Å². The normalized spacial score (nSPS) is 52.1. The molecule has 0 aromatic carbocycles. The molecule has 0 bridgehead atoms. The first-order valence-corrected chi connectivity index (χ1v) is 7.20. The van der Waals surface area contributed by atoms with Gasteiger partial charge < -0.3 is 19.7 Å². The monoisotopic (exact) mass is 268 g/mol. The van der Waals surface area contributed by atoms with Gasteiger partial charge in [-0.3, -0.25) is 0 Å². The van der Waals surface area contributed by atoms with E-state index in [1.807, 2.05) is 6.92 Å². The molecule has 3 fully saturated rings. The SMILES string of the molecule is CC(C)=CC[C@H]1O[C@]1(C)[C@@H]1[C@@H](O)[C@H](O)CC[C@]12CO2. The number of rotatable bonds is 3. The predicted molar refractivity (Wildman–Crippen MR) is 70.7 cm³/mol. The van der Waals surface area contributed by atoms with E-state index in [1.165, 1.54) is 5.57 Å². The summed E-state index contributed by atoms with van der Waals surface area (Å²) in [5.74, 6) is -0.112. The Bertz CT molecular complexity index is 397. The van der Waals surface area contributed by atoms with E-state index >= 15 is 0 Å². The molecule has 1 spiro atoms. The fraction of sp³-hybridized carbons (Fsp3) is 0.867. The third kappa shape index (κ3) is 2.15. The number of hydrogen-bond donors (Lipinski definition) is 2. The van der Waals surface area contributed by atoms with Crippen molar-refractivity contribution in [3.8, 4) is 0 Å². The second kappa shape index (κ2) is 4.29. The average Bonchev–Trinajstić information content (AvgIpc) is 3.22. The molecule has 19 heavy (non-hydrogen) atoms. The summed E-state index contributed by atoms with van der Waals surface area (Å²) in [6, 6.07) is 0. The van der Waals surface area contributed by atoms with Gasteiger partial charge in [-0.25, -0.2) is 0 Å². The zero-order valence-electron chi connectivity index (χ0n) is 11.9. The molecule has 3 rings (SSSR count). The van der Waals surface area contributed by atoms with Crippen LogP contribution in [0.25, 0.3) is 0 Å². The van der Waals surface area contributed by atoms with E-state index in [0.29, 0.717) is 13.0 Å². The number of aliphatic hydroxyl groups excluding tert-OH is 2. The van der Waals surface area contributed by atoms with Crippen LogP contribution in [0.15, 0.2) is 11.6 Å². The van der Waals surface area contributed by atoms with Crippen LogP contribution in [0.2, 0.25) is 0 Å². The predicted octanol–water partition coefficient (Wildman–Crippen LogP) is 1.40. The minimum atomic E-state index is -0.738. The van der Waals surface area contributed by atoms with Gasteiger partial charge in [0, 0.05) is 0 Å². The van der Waals surface area contributed by atoms with E-state index < -0.39 is 12.2 Å². The second-order valence-corrected chi connectivity index (χ2v) is 6.74. The van der Waals surface area contributed by atoms with Gasteiger partial charge in [-0.15, -0.1) is 0 Å². The number of epoxide rings is 2. The van der Waals surface area contributed by atoms with Crippen LogP contribution in [0, 0.1) is 5.92 Å². The van der Waals surface area contributed by atoms with Crippen LogP contribution >= 0.6 is 0 Å². The largest absolute Gasteiger partial charge is 0.390 e. The highest BCUT2D eigenvalue weighted by Crippen LogP contribution is 2.58. The Morgan fingerprint density at radius 1 is 1.37 bits per heavy atom. The Balaban J connectivity index is 1.75. The van der Waals surface area contributed by atoms with Crippen molar-refractivity contribution in [2.24, 2.45) is 5.92 Å². The summed E-state index contributed by atoms with van der Waals surface area (Å²) in [5.41, 5.74) is 0.676. The Labute approximate surface area is 114 Å². The minimum Gasteiger partial charge on any atom is -0.390 e. The molecule has 2 N–H and O–H groups in total. The minimum absolute atomic E-state index is 0.112. The van der Waals surface area contributed by atoms with Crippen molar-refractivity contribution < 1.29 is 19.7 Å². The maximum absolute atomic E-state index is 10.4. The molecule has 2 aliphatic heterocycles. The molecular formula is C15H24O4. The summed E-state index contributed by atoms with van der Waals surface area (Å²) in [6.45, 7) is 6.89. The van der Waals surface area contributed by atoms with Crippen LogP contribution in [0.4, 0.5) is 0 Å². The highest BCUT2D eigenvalue weighted by atomic mass is 16.6. The summed E-state index contributed by atoms with van der Waals surface area (Å²) in [4.78, 5) is 0. The fourth-order valence-corrected chi connectivity index (χ4v) is 3.70. The molecule has 108 valence electrons. The fourth-order valence-electron chi connectivity index (χ4n) is 3.70. The van der Waals surface area contributed by atoms with Crippen LogP contribution < -0.4 is 0 Å². The molecular weight excluding hydrogens is 244 g/mol. The highest BCUT2D eigenvalue weighted by molar-refractivity contribution is 5.20. The van der Waals surface area contributed by atoms with Crippen LogP contribution in [0.5, 0.6) is 0 Å². The van der Waals surface area contributed by atoms with Crippen molar-refractivity contribution in [2.75, 3.05) is 6.61 Å². The van der Waals surface area contributed by atoms with E-state index in [9.17, 15) is 10.2 Å². The van der Waals surface area contributed by atoms with Gasteiger partial charge in [0.15, 0.2) is 0 Å². The Morgan fingerprint density at radius 3 is 2.63 bits per heavy atom. The molecule has 1 saturated carbocycles. The first-order chi connectivity index (χ1) is 8.89. The zero-order chi connectivity index (χ0) is 13.8. The Kier molecular flexibility index (Phi) is 3.06. The van der Waals surface area contributed by atoms with Gasteiger partial charge >= 0.3 is 0 Å². The smallest absolute Gasteiger partial charge is 0.101 e. The molecule has 2 heterocycles. The average molecular weight is 268 g/mol. The first-order valence-electron chi connectivity index (χ1n) is 7.20. The molecule has 3 aliphatic rings. The Morgan fingerprint density at radius 2 is 2.05 bits per heavy atom. The molecule has 0 unspecified atom stereocenters. The van der Waals surface area contributed by atoms with E-state index in [0.717, 1.165) is 12.8 Å². The van der Waals surface area contributed by atoms with Gasteiger partial charge in [-0.2, -0.15) is 0 Å². The molecule has 1 aliphatic carbocycles. The number of aliphatic hydroxyl groups is 2. The van der Waals surface area contributed by atoms with E-state index in [4.69, 9.17) is 9.47 Å². The third-order valence-corrected chi connectivity index (χ3v) is 5.02. The van der Waals surface area contributed by atoms with Gasteiger partial charge in [0.05, 0.1) is 36.4 Å². The van der Waals surface area contributed by atoms with Gasteiger partial charge in [-0.05, 0) is 40.0 Å². The maximum Gasteiger partial charge on any atom is 0.101 e. The van der Waals surface area contributed by atoms with Crippen LogP contribution in [-0.4, -0.2) is 46.3 Å². The molecule has 4 heteroatoms. The summed E-state index contributed by atoms with van der Waals surface area (Å²) >= 11 is 0. The molecule has 6 atom stereocenters. The van der Waals surface area contributed by atoms with E-state index in [2.05, 4.69) is 19.9 Å². The maximum atomic E-state index is 10.4.